The van der Waals surface area contributed by atoms with E-state index in [4.69, 9.17) is 4.42 Å². The van der Waals surface area contributed by atoms with E-state index in [0.29, 0.717) is 22.6 Å². The number of nitrogens with one attached hydrogen (secondary N) is 1. The van der Waals surface area contributed by atoms with E-state index < -0.39 is 40.6 Å². The highest BCUT2D eigenvalue weighted by Crippen LogP contribution is 2.30. The number of carbonyl (C=O) groups is 1. The number of hydrogen-bond donors (Lipinski definition) is 1. The van der Waals surface area contributed by atoms with E-state index in [1.54, 1.807) is 6.07 Å². The fraction of sp³-hybridized carbons (Fsp3) is 0.167. The van der Waals surface area contributed by atoms with E-state index >= 15 is 0 Å². The molecule has 3 aromatic carbocycles. The standard InChI is InChI=1S/C24H17F5N2O2/c1-3-11(2)12-7-8-16-15(10-12)31-24(33-16)13-5-4-6-14(9-13)30-23(32)17-18(25)20(27)22(29)21(28)19(17)26/h4-11H,3H2,1-2H3,(H,30,32). The van der Waals surface area contributed by atoms with Crippen LogP contribution in [0.15, 0.2) is 46.9 Å². The van der Waals surface area contributed by atoms with Crippen LogP contribution in [0.4, 0.5) is 27.6 Å². The molecule has 4 rings (SSSR count). The summed E-state index contributed by atoms with van der Waals surface area (Å²) in [5.41, 5.74) is 1.20. The van der Waals surface area contributed by atoms with Crippen molar-refractivity contribution in [2.75, 3.05) is 5.32 Å². The minimum Gasteiger partial charge on any atom is -0.436 e. The minimum atomic E-state index is -2.34. The lowest BCUT2D eigenvalue weighted by molar-refractivity contribution is 0.101. The van der Waals surface area contributed by atoms with Gasteiger partial charge in [0.2, 0.25) is 11.7 Å². The van der Waals surface area contributed by atoms with Crippen molar-refractivity contribution in [1.82, 2.24) is 4.98 Å². The second-order valence-electron chi connectivity index (χ2n) is 7.54. The molecular weight excluding hydrogens is 443 g/mol. The van der Waals surface area contributed by atoms with Gasteiger partial charge in [0.05, 0.1) is 0 Å². The van der Waals surface area contributed by atoms with Crippen molar-refractivity contribution in [3.05, 3.63) is 82.7 Å². The molecule has 0 saturated heterocycles. The molecule has 1 N–H and O–H groups in total. The molecule has 0 fully saturated rings. The molecule has 0 spiro atoms. The highest BCUT2D eigenvalue weighted by molar-refractivity contribution is 6.05. The molecule has 9 heteroatoms. The first kappa shape index (κ1) is 22.4. The molecule has 0 radical (unpaired) electrons. The Hall–Kier alpha value is -3.75. The van der Waals surface area contributed by atoms with Crippen molar-refractivity contribution in [3.63, 3.8) is 0 Å². The summed E-state index contributed by atoms with van der Waals surface area (Å²) in [6.45, 7) is 4.17. The van der Waals surface area contributed by atoms with Crippen LogP contribution in [0, 0.1) is 29.1 Å². The number of nitrogens with zero attached hydrogens (tertiary/aromatic N) is 1. The zero-order chi connectivity index (χ0) is 23.9. The second kappa shape index (κ2) is 8.65. The Bertz CT molecular complexity index is 1350. The Morgan fingerprint density at radius 2 is 1.64 bits per heavy atom. The maximum Gasteiger partial charge on any atom is 0.261 e. The van der Waals surface area contributed by atoms with Gasteiger partial charge < -0.3 is 9.73 Å². The monoisotopic (exact) mass is 460 g/mol. The number of fused-ring (bicyclic) bond motifs is 1. The zero-order valence-electron chi connectivity index (χ0n) is 17.5. The third-order valence-corrected chi connectivity index (χ3v) is 5.40. The predicted molar refractivity (Wildman–Crippen MR) is 112 cm³/mol. The number of rotatable bonds is 5. The fourth-order valence-corrected chi connectivity index (χ4v) is 3.34. The van der Waals surface area contributed by atoms with Gasteiger partial charge in [-0.1, -0.05) is 26.0 Å². The number of benzene rings is 3. The van der Waals surface area contributed by atoms with Crippen LogP contribution in [0.25, 0.3) is 22.6 Å². The van der Waals surface area contributed by atoms with Crippen molar-refractivity contribution in [1.29, 1.82) is 0 Å². The molecule has 1 heterocycles. The minimum absolute atomic E-state index is 0.0454. The SMILES string of the molecule is CCC(C)c1ccc2oc(-c3cccc(NC(=O)c4c(F)c(F)c(F)c(F)c4F)c3)nc2c1. The third-order valence-electron chi connectivity index (χ3n) is 5.40. The molecule has 0 aliphatic carbocycles. The van der Waals surface area contributed by atoms with Crippen LogP contribution in [0.5, 0.6) is 0 Å². The largest absolute Gasteiger partial charge is 0.436 e. The van der Waals surface area contributed by atoms with Crippen LogP contribution in [0.3, 0.4) is 0 Å². The van der Waals surface area contributed by atoms with Gasteiger partial charge in [0.25, 0.3) is 5.91 Å². The van der Waals surface area contributed by atoms with Crippen LogP contribution in [0.1, 0.15) is 42.1 Å². The first-order valence-corrected chi connectivity index (χ1v) is 10.0. The second-order valence-corrected chi connectivity index (χ2v) is 7.54. The van der Waals surface area contributed by atoms with Crippen molar-refractivity contribution in [3.8, 4) is 11.5 Å². The van der Waals surface area contributed by atoms with E-state index in [-0.39, 0.29) is 11.6 Å². The molecule has 0 aliphatic heterocycles. The summed E-state index contributed by atoms with van der Waals surface area (Å²) in [5, 5.41) is 2.15. The lowest BCUT2D eigenvalue weighted by Crippen LogP contribution is -2.19. The maximum atomic E-state index is 13.9. The number of anilines is 1. The van der Waals surface area contributed by atoms with Crippen LogP contribution in [-0.2, 0) is 0 Å². The molecule has 33 heavy (non-hydrogen) atoms. The number of hydrogen-bond acceptors (Lipinski definition) is 3. The molecule has 0 aliphatic rings. The summed E-state index contributed by atoms with van der Waals surface area (Å²) < 4.78 is 73.7. The van der Waals surface area contributed by atoms with E-state index in [1.165, 1.54) is 18.2 Å². The molecule has 0 saturated carbocycles. The topological polar surface area (TPSA) is 55.1 Å². The van der Waals surface area contributed by atoms with Crippen molar-refractivity contribution >= 4 is 22.7 Å². The average molecular weight is 460 g/mol. The van der Waals surface area contributed by atoms with Crippen LogP contribution >= 0.6 is 0 Å². The lowest BCUT2D eigenvalue weighted by atomic mass is 9.98. The Morgan fingerprint density at radius 3 is 2.30 bits per heavy atom. The number of aromatic nitrogens is 1. The number of halogens is 5. The lowest BCUT2D eigenvalue weighted by Gasteiger charge is -2.09. The first-order valence-electron chi connectivity index (χ1n) is 10.0. The van der Waals surface area contributed by atoms with E-state index in [0.717, 1.165) is 12.0 Å². The highest BCUT2D eigenvalue weighted by Gasteiger charge is 2.29. The van der Waals surface area contributed by atoms with Gasteiger partial charge in [0, 0.05) is 11.3 Å². The van der Waals surface area contributed by atoms with Gasteiger partial charge in [-0.05, 0) is 48.2 Å². The summed E-state index contributed by atoms with van der Waals surface area (Å²) in [7, 11) is 0. The molecule has 4 aromatic rings. The Morgan fingerprint density at radius 1 is 0.970 bits per heavy atom. The van der Waals surface area contributed by atoms with Gasteiger partial charge in [0.15, 0.2) is 28.9 Å². The van der Waals surface area contributed by atoms with Gasteiger partial charge in [-0.25, -0.2) is 26.9 Å². The molecule has 4 nitrogen and oxygen atoms in total. The zero-order valence-corrected chi connectivity index (χ0v) is 17.5. The smallest absolute Gasteiger partial charge is 0.261 e. The quantitative estimate of drug-likeness (QED) is 0.199. The Kier molecular flexibility index (Phi) is 5.88. The predicted octanol–water partition coefficient (Wildman–Crippen LogP) is 6.96. The van der Waals surface area contributed by atoms with Gasteiger partial charge in [-0.15, -0.1) is 0 Å². The molecule has 1 atom stereocenters. The average Bonchev–Trinajstić information content (AvgIpc) is 3.25. The first-order chi connectivity index (χ1) is 15.7. The third kappa shape index (κ3) is 4.06. The summed E-state index contributed by atoms with van der Waals surface area (Å²) >= 11 is 0. The molecule has 1 aromatic heterocycles. The Labute approximate surface area is 185 Å². The number of amides is 1. The molecule has 0 bridgehead atoms. The van der Waals surface area contributed by atoms with Crippen LogP contribution < -0.4 is 5.32 Å². The van der Waals surface area contributed by atoms with Gasteiger partial charge >= 0.3 is 0 Å². The fourth-order valence-electron chi connectivity index (χ4n) is 3.34. The highest BCUT2D eigenvalue weighted by atomic mass is 19.2. The molecule has 170 valence electrons. The number of carbonyl (C=O) groups excluding carboxylic acids is 1. The van der Waals surface area contributed by atoms with E-state index in [9.17, 15) is 26.7 Å². The summed E-state index contributed by atoms with van der Waals surface area (Å²) in [5.74, 6) is -12.1. The van der Waals surface area contributed by atoms with Crippen molar-refractivity contribution in [2.45, 2.75) is 26.2 Å². The van der Waals surface area contributed by atoms with E-state index in [2.05, 4.69) is 24.1 Å². The van der Waals surface area contributed by atoms with Gasteiger partial charge in [0.1, 0.15) is 11.1 Å². The summed E-state index contributed by atoms with van der Waals surface area (Å²) in [6.07, 6.45) is 0.959. The van der Waals surface area contributed by atoms with Crippen LogP contribution in [-0.4, -0.2) is 10.9 Å². The molecule has 1 amide bonds. The van der Waals surface area contributed by atoms with E-state index in [1.807, 2.05) is 18.2 Å². The normalized spacial score (nSPS) is 12.2. The van der Waals surface area contributed by atoms with Crippen LogP contribution in [0.2, 0.25) is 0 Å². The maximum absolute atomic E-state index is 13.9. The van der Waals surface area contributed by atoms with Gasteiger partial charge in [-0.2, -0.15) is 0 Å². The van der Waals surface area contributed by atoms with Crippen molar-refractivity contribution < 1.29 is 31.2 Å². The summed E-state index contributed by atoms with van der Waals surface area (Å²) in [6, 6.07) is 11.6. The Balaban J connectivity index is 1.65. The van der Waals surface area contributed by atoms with Crippen molar-refractivity contribution in [2.24, 2.45) is 0 Å². The molecule has 1 unspecified atom stereocenters. The number of oxazole rings is 1. The molecular formula is C24H17F5N2O2. The summed E-state index contributed by atoms with van der Waals surface area (Å²) in [4.78, 5) is 16.8. The van der Waals surface area contributed by atoms with Gasteiger partial charge in [-0.3, -0.25) is 4.79 Å².